The molecule has 2 aromatic carbocycles. The highest BCUT2D eigenvalue weighted by Gasteiger charge is 2.34. The summed E-state index contributed by atoms with van der Waals surface area (Å²) in [6.45, 7) is 5.47. The van der Waals surface area contributed by atoms with Crippen molar-refractivity contribution in [3.05, 3.63) is 53.6 Å². The summed E-state index contributed by atoms with van der Waals surface area (Å²) in [5.74, 6) is -0.537. The van der Waals surface area contributed by atoms with E-state index in [0.717, 1.165) is 11.3 Å². The van der Waals surface area contributed by atoms with Gasteiger partial charge in [-0.3, -0.25) is 14.4 Å². The zero-order chi connectivity index (χ0) is 24.6. The van der Waals surface area contributed by atoms with E-state index in [0.29, 0.717) is 30.5 Å². The number of nitrogens with zero attached hydrogens (tertiary/aromatic N) is 2. The van der Waals surface area contributed by atoms with Crippen molar-refractivity contribution in [1.82, 2.24) is 4.31 Å². The lowest BCUT2D eigenvalue weighted by Gasteiger charge is -2.30. The lowest BCUT2D eigenvalue weighted by molar-refractivity contribution is -0.121. The summed E-state index contributed by atoms with van der Waals surface area (Å²) in [6.07, 6.45) is 1.47. The van der Waals surface area contributed by atoms with Crippen LogP contribution in [0.3, 0.4) is 0 Å². The van der Waals surface area contributed by atoms with Crippen LogP contribution in [-0.4, -0.2) is 49.5 Å². The fraction of sp³-hybridized carbons (Fsp3) is 0.400. The minimum absolute atomic E-state index is 0.00150. The van der Waals surface area contributed by atoms with Crippen molar-refractivity contribution in [2.75, 3.05) is 23.3 Å². The van der Waals surface area contributed by atoms with Gasteiger partial charge in [0, 0.05) is 48.9 Å². The molecule has 1 atom stereocenters. The summed E-state index contributed by atoms with van der Waals surface area (Å²) >= 11 is 0. The largest absolute Gasteiger partial charge is 0.326 e. The topological polar surface area (TPSA) is 104 Å². The number of rotatable bonds is 5. The van der Waals surface area contributed by atoms with Gasteiger partial charge in [0.2, 0.25) is 21.8 Å². The maximum Gasteiger partial charge on any atom is 0.243 e. The third-order valence-electron chi connectivity index (χ3n) is 6.63. The zero-order valence-electron chi connectivity index (χ0n) is 19.6. The second kappa shape index (κ2) is 9.31. The van der Waals surface area contributed by atoms with Crippen LogP contribution >= 0.6 is 0 Å². The van der Waals surface area contributed by atoms with Gasteiger partial charge in [-0.05, 0) is 81.1 Å². The number of sulfonamides is 1. The molecule has 2 aliphatic rings. The van der Waals surface area contributed by atoms with E-state index in [1.165, 1.54) is 18.2 Å². The number of anilines is 2. The van der Waals surface area contributed by atoms with Crippen molar-refractivity contribution in [1.29, 1.82) is 0 Å². The molecular weight excluding hydrogens is 454 g/mol. The monoisotopic (exact) mass is 483 g/mol. The second-order valence-corrected chi connectivity index (χ2v) is 11.0. The molecule has 1 fully saturated rings. The van der Waals surface area contributed by atoms with Gasteiger partial charge in [-0.15, -0.1) is 0 Å². The number of carbonyl (C=O) groups excluding carboxylic acids is 3. The highest BCUT2D eigenvalue weighted by Crippen LogP contribution is 2.35. The Morgan fingerprint density at radius 3 is 2.21 bits per heavy atom. The number of fused-ring (bicyclic) bond motifs is 1. The number of hydrogen-bond acceptors (Lipinski definition) is 5. The van der Waals surface area contributed by atoms with Crippen molar-refractivity contribution in [3.8, 4) is 0 Å². The van der Waals surface area contributed by atoms with Crippen LogP contribution in [0, 0.1) is 5.92 Å². The fourth-order valence-electron chi connectivity index (χ4n) is 4.79. The number of hydrogen-bond donors (Lipinski definition) is 1. The summed E-state index contributed by atoms with van der Waals surface area (Å²) in [4.78, 5) is 37.9. The molecule has 2 aliphatic heterocycles. The Morgan fingerprint density at radius 2 is 1.62 bits per heavy atom. The van der Waals surface area contributed by atoms with Crippen molar-refractivity contribution in [2.24, 2.45) is 5.92 Å². The Bertz CT molecular complexity index is 1230. The molecule has 2 amide bonds. The summed E-state index contributed by atoms with van der Waals surface area (Å²) in [5, 5.41) is 2.86. The Balaban J connectivity index is 1.40. The maximum atomic E-state index is 13.3. The lowest BCUT2D eigenvalue weighted by Crippen LogP contribution is -2.41. The first-order chi connectivity index (χ1) is 16.1. The van der Waals surface area contributed by atoms with Gasteiger partial charge in [-0.1, -0.05) is 0 Å². The molecular formula is C25H29N3O5S. The molecule has 180 valence electrons. The molecule has 0 saturated carbocycles. The van der Waals surface area contributed by atoms with Crippen molar-refractivity contribution < 1.29 is 22.8 Å². The lowest BCUT2D eigenvalue weighted by atomic mass is 9.97. The van der Waals surface area contributed by atoms with Gasteiger partial charge in [0.1, 0.15) is 0 Å². The van der Waals surface area contributed by atoms with Gasteiger partial charge < -0.3 is 10.2 Å². The predicted octanol–water partition coefficient (Wildman–Crippen LogP) is 3.23. The van der Waals surface area contributed by atoms with Crippen molar-refractivity contribution >= 4 is 39.0 Å². The number of nitrogens with one attached hydrogen (secondary N) is 1. The molecule has 0 aromatic heterocycles. The molecule has 8 nitrogen and oxygen atoms in total. The first-order valence-electron chi connectivity index (χ1n) is 11.4. The smallest absolute Gasteiger partial charge is 0.243 e. The molecule has 0 spiro atoms. The van der Waals surface area contributed by atoms with Gasteiger partial charge >= 0.3 is 0 Å². The Hall–Kier alpha value is -3.04. The van der Waals surface area contributed by atoms with Crippen LogP contribution in [0.25, 0.3) is 0 Å². The number of Topliss-reactive ketones (excluding diaryl/α,β-unsaturated/α-hetero) is 1. The van der Waals surface area contributed by atoms with Crippen molar-refractivity contribution in [2.45, 2.75) is 51.0 Å². The van der Waals surface area contributed by atoms with E-state index in [1.807, 2.05) is 6.92 Å². The highest BCUT2D eigenvalue weighted by atomic mass is 32.2. The average molecular weight is 484 g/mol. The molecule has 0 unspecified atom stereocenters. The van der Waals surface area contributed by atoms with Crippen molar-refractivity contribution in [3.63, 3.8) is 0 Å². The van der Waals surface area contributed by atoms with Crippen LogP contribution in [0.4, 0.5) is 11.4 Å². The molecule has 1 saturated heterocycles. The molecule has 9 heteroatoms. The van der Waals surface area contributed by atoms with Gasteiger partial charge in [0.25, 0.3) is 0 Å². The minimum atomic E-state index is -3.69. The number of piperidine rings is 1. The molecule has 0 radical (unpaired) electrons. The number of amides is 2. The molecule has 0 bridgehead atoms. The number of carbonyl (C=O) groups is 3. The predicted molar refractivity (Wildman–Crippen MR) is 129 cm³/mol. The van der Waals surface area contributed by atoms with E-state index in [2.05, 4.69) is 5.32 Å². The normalized spacial score (nSPS) is 19.0. The first kappa shape index (κ1) is 24.1. The summed E-state index contributed by atoms with van der Waals surface area (Å²) < 4.78 is 27.9. The molecule has 2 heterocycles. The molecule has 0 aliphatic carbocycles. The fourth-order valence-corrected chi connectivity index (χ4v) is 6.31. The number of benzene rings is 2. The quantitative estimate of drug-likeness (QED) is 0.658. The summed E-state index contributed by atoms with van der Waals surface area (Å²) in [5.41, 5.74) is 2.81. The number of ketones is 1. The van der Waals surface area contributed by atoms with Crippen LogP contribution < -0.4 is 10.2 Å². The Kier molecular flexibility index (Phi) is 6.60. The van der Waals surface area contributed by atoms with Crippen LogP contribution in [0.5, 0.6) is 0 Å². The van der Waals surface area contributed by atoms with Crippen LogP contribution in [-0.2, 0) is 26.0 Å². The zero-order valence-corrected chi connectivity index (χ0v) is 20.4. The molecule has 34 heavy (non-hydrogen) atoms. The van der Waals surface area contributed by atoms with Gasteiger partial charge in [-0.2, -0.15) is 4.31 Å². The van der Waals surface area contributed by atoms with E-state index in [1.54, 1.807) is 47.4 Å². The molecule has 4 rings (SSSR count). The summed E-state index contributed by atoms with van der Waals surface area (Å²) in [7, 11) is -3.69. The van der Waals surface area contributed by atoms with Crippen LogP contribution in [0.1, 0.15) is 49.5 Å². The van der Waals surface area contributed by atoms with E-state index < -0.39 is 10.0 Å². The maximum absolute atomic E-state index is 13.3. The minimum Gasteiger partial charge on any atom is -0.326 e. The van der Waals surface area contributed by atoms with Gasteiger partial charge in [0.05, 0.1) is 4.90 Å². The first-order valence-corrected chi connectivity index (χ1v) is 12.9. The average Bonchev–Trinajstić information content (AvgIpc) is 3.14. The molecule has 2 aromatic rings. The third kappa shape index (κ3) is 4.63. The highest BCUT2D eigenvalue weighted by molar-refractivity contribution is 7.89. The van der Waals surface area contributed by atoms with Crippen LogP contribution in [0.15, 0.2) is 47.4 Å². The third-order valence-corrected chi connectivity index (χ3v) is 8.52. The van der Waals surface area contributed by atoms with E-state index in [9.17, 15) is 22.8 Å². The standard InChI is InChI=1S/C25H29N3O5S/c1-16-14-21-15-23(8-9-24(21)28(16)18(3)30)34(32,33)27-12-10-20(11-13-27)25(31)26-22-6-4-19(5-7-22)17(2)29/h4-9,15-16,20H,10-14H2,1-3H3,(H,26,31)/t16-/m1/s1. The van der Waals surface area contributed by atoms with Gasteiger partial charge in [0.15, 0.2) is 5.78 Å². The van der Waals surface area contributed by atoms with Crippen LogP contribution in [0.2, 0.25) is 0 Å². The summed E-state index contributed by atoms with van der Waals surface area (Å²) in [6, 6.07) is 11.7. The van der Waals surface area contributed by atoms with E-state index in [4.69, 9.17) is 0 Å². The second-order valence-electron chi connectivity index (χ2n) is 9.03. The van der Waals surface area contributed by atoms with E-state index >= 15 is 0 Å². The Labute approximate surface area is 200 Å². The Morgan fingerprint density at radius 1 is 0.971 bits per heavy atom. The molecule has 1 N–H and O–H groups in total. The van der Waals surface area contributed by atoms with E-state index in [-0.39, 0.29) is 47.5 Å². The SMILES string of the molecule is CC(=O)c1ccc(NC(=O)C2CCN(S(=O)(=O)c3ccc4c(c3)C[C@@H](C)N4C(C)=O)CC2)cc1. The van der Waals surface area contributed by atoms with Gasteiger partial charge in [-0.25, -0.2) is 8.42 Å².